The number of rotatable bonds is 4. The molecule has 1 aromatic heterocycles. The van der Waals surface area contributed by atoms with Crippen molar-refractivity contribution in [3.05, 3.63) is 18.0 Å². The number of carbonyl (C=O) groups is 1. The molecule has 1 saturated carbocycles. The lowest BCUT2D eigenvalue weighted by molar-refractivity contribution is -0.123. The highest BCUT2D eigenvalue weighted by atomic mass is 16.5. The van der Waals surface area contributed by atoms with E-state index < -0.39 is 5.54 Å². The SMILES string of the molecule is NC1(C(=O)Cc2ccn(C3CCCC3)n2)CCOC1. The normalized spacial score (nSPS) is 28.1. The Kier molecular flexibility index (Phi) is 3.41. The predicted octanol–water partition coefficient (Wildman–Crippen LogP) is 1.23. The average molecular weight is 263 g/mol. The zero-order valence-corrected chi connectivity index (χ0v) is 11.2. The molecule has 0 spiro atoms. The minimum absolute atomic E-state index is 0.0432. The van der Waals surface area contributed by atoms with Gasteiger partial charge in [0, 0.05) is 12.8 Å². The van der Waals surface area contributed by atoms with E-state index in [2.05, 4.69) is 5.10 Å². The molecule has 2 heterocycles. The highest BCUT2D eigenvalue weighted by Gasteiger charge is 2.37. The van der Waals surface area contributed by atoms with Crippen LogP contribution in [0.5, 0.6) is 0 Å². The smallest absolute Gasteiger partial charge is 0.161 e. The first-order valence-corrected chi connectivity index (χ1v) is 7.11. The molecule has 5 nitrogen and oxygen atoms in total. The number of nitrogens with two attached hydrogens (primary N) is 1. The largest absolute Gasteiger partial charge is 0.379 e. The molecule has 2 fully saturated rings. The van der Waals surface area contributed by atoms with Crippen molar-refractivity contribution >= 4 is 5.78 Å². The third-order valence-electron chi connectivity index (χ3n) is 4.31. The van der Waals surface area contributed by atoms with Gasteiger partial charge in [-0.25, -0.2) is 0 Å². The van der Waals surface area contributed by atoms with E-state index in [0.717, 1.165) is 5.69 Å². The number of hydrogen-bond acceptors (Lipinski definition) is 4. The third-order valence-corrected chi connectivity index (χ3v) is 4.31. The van der Waals surface area contributed by atoms with Crippen LogP contribution >= 0.6 is 0 Å². The van der Waals surface area contributed by atoms with Crippen molar-refractivity contribution in [2.75, 3.05) is 13.2 Å². The van der Waals surface area contributed by atoms with Crippen LogP contribution in [-0.2, 0) is 16.0 Å². The van der Waals surface area contributed by atoms with Crippen molar-refractivity contribution < 1.29 is 9.53 Å². The van der Waals surface area contributed by atoms with Crippen LogP contribution in [0, 0.1) is 0 Å². The van der Waals surface area contributed by atoms with Gasteiger partial charge >= 0.3 is 0 Å². The first-order valence-electron chi connectivity index (χ1n) is 7.11. The average Bonchev–Trinajstić information content (AvgIpc) is 3.08. The van der Waals surface area contributed by atoms with Gasteiger partial charge < -0.3 is 10.5 Å². The molecule has 0 bridgehead atoms. The van der Waals surface area contributed by atoms with Gasteiger partial charge in [-0.05, 0) is 25.3 Å². The van der Waals surface area contributed by atoms with Crippen LogP contribution in [0.1, 0.15) is 43.8 Å². The minimum Gasteiger partial charge on any atom is -0.379 e. The number of nitrogens with zero attached hydrogens (tertiary/aromatic N) is 2. The quantitative estimate of drug-likeness (QED) is 0.887. The second-order valence-corrected chi connectivity index (χ2v) is 5.78. The lowest BCUT2D eigenvalue weighted by atomic mass is 9.91. The Hall–Kier alpha value is -1.20. The van der Waals surface area contributed by atoms with Crippen LogP contribution in [0.15, 0.2) is 12.3 Å². The van der Waals surface area contributed by atoms with Crippen LogP contribution in [0.4, 0.5) is 0 Å². The fourth-order valence-electron chi connectivity index (χ4n) is 2.99. The number of hydrogen-bond donors (Lipinski definition) is 1. The van der Waals surface area contributed by atoms with Crippen molar-refractivity contribution in [1.82, 2.24) is 9.78 Å². The van der Waals surface area contributed by atoms with Gasteiger partial charge in [0.15, 0.2) is 5.78 Å². The molecular formula is C14H21N3O2. The molecule has 1 aromatic rings. The van der Waals surface area contributed by atoms with Gasteiger partial charge in [-0.3, -0.25) is 9.48 Å². The summed E-state index contributed by atoms with van der Waals surface area (Å²) in [6.07, 6.45) is 7.89. The molecule has 2 N–H and O–H groups in total. The van der Waals surface area contributed by atoms with E-state index in [4.69, 9.17) is 10.5 Å². The summed E-state index contributed by atoms with van der Waals surface area (Å²) in [4.78, 5) is 12.2. The molecule has 104 valence electrons. The first kappa shape index (κ1) is 12.8. The Labute approximate surface area is 113 Å². The van der Waals surface area contributed by atoms with Crippen molar-refractivity contribution in [1.29, 1.82) is 0 Å². The summed E-state index contributed by atoms with van der Waals surface area (Å²) < 4.78 is 7.25. The van der Waals surface area contributed by atoms with Crippen molar-refractivity contribution in [2.45, 2.75) is 50.1 Å². The molecule has 19 heavy (non-hydrogen) atoms. The number of Topliss-reactive ketones (excluding diaryl/α,β-unsaturated/α-hetero) is 1. The van der Waals surface area contributed by atoms with E-state index in [1.807, 2.05) is 16.9 Å². The van der Waals surface area contributed by atoms with Gasteiger partial charge in [-0.1, -0.05) is 12.8 Å². The zero-order chi connectivity index (χ0) is 13.3. The van der Waals surface area contributed by atoms with Crippen LogP contribution in [0.25, 0.3) is 0 Å². The Morgan fingerprint density at radius 3 is 3.00 bits per heavy atom. The van der Waals surface area contributed by atoms with E-state index in [9.17, 15) is 4.79 Å². The number of ether oxygens (including phenoxy) is 1. The molecule has 1 atom stereocenters. The summed E-state index contributed by atoms with van der Waals surface area (Å²) in [7, 11) is 0. The fraction of sp³-hybridized carbons (Fsp3) is 0.714. The monoisotopic (exact) mass is 263 g/mol. The predicted molar refractivity (Wildman–Crippen MR) is 70.8 cm³/mol. The third kappa shape index (κ3) is 2.58. The number of aromatic nitrogens is 2. The fourth-order valence-corrected chi connectivity index (χ4v) is 2.99. The van der Waals surface area contributed by atoms with Gasteiger partial charge in [-0.2, -0.15) is 5.10 Å². The highest BCUT2D eigenvalue weighted by molar-refractivity contribution is 5.90. The Balaban J connectivity index is 1.65. The summed E-state index contributed by atoms with van der Waals surface area (Å²) in [6, 6.07) is 2.46. The lowest BCUT2D eigenvalue weighted by Gasteiger charge is -2.19. The maximum absolute atomic E-state index is 12.2. The molecular weight excluding hydrogens is 242 g/mol. The topological polar surface area (TPSA) is 70.1 Å². The molecule has 5 heteroatoms. The molecule has 1 unspecified atom stereocenters. The number of ketones is 1. The molecule has 0 amide bonds. The van der Waals surface area contributed by atoms with Crippen molar-refractivity contribution in [2.24, 2.45) is 5.73 Å². The molecule has 0 radical (unpaired) electrons. The summed E-state index contributed by atoms with van der Waals surface area (Å²) >= 11 is 0. The Morgan fingerprint density at radius 2 is 2.32 bits per heavy atom. The van der Waals surface area contributed by atoms with Gasteiger partial charge in [0.2, 0.25) is 0 Å². The molecule has 1 aliphatic heterocycles. The minimum atomic E-state index is -0.795. The van der Waals surface area contributed by atoms with E-state index in [1.54, 1.807) is 0 Å². The van der Waals surface area contributed by atoms with Crippen LogP contribution in [0.3, 0.4) is 0 Å². The summed E-state index contributed by atoms with van der Waals surface area (Å²) in [5.41, 5.74) is 6.10. The van der Waals surface area contributed by atoms with Gasteiger partial charge in [0.05, 0.1) is 24.8 Å². The van der Waals surface area contributed by atoms with Crippen molar-refractivity contribution in [3.63, 3.8) is 0 Å². The molecule has 3 rings (SSSR count). The second kappa shape index (κ2) is 5.06. The highest BCUT2D eigenvalue weighted by Crippen LogP contribution is 2.28. The zero-order valence-electron chi connectivity index (χ0n) is 11.2. The lowest BCUT2D eigenvalue weighted by Crippen LogP contribution is -2.49. The first-order chi connectivity index (χ1) is 9.17. The van der Waals surface area contributed by atoms with E-state index in [0.29, 0.717) is 32.1 Å². The maximum Gasteiger partial charge on any atom is 0.161 e. The van der Waals surface area contributed by atoms with Crippen LogP contribution in [0.2, 0.25) is 0 Å². The van der Waals surface area contributed by atoms with Crippen molar-refractivity contribution in [3.8, 4) is 0 Å². The van der Waals surface area contributed by atoms with E-state index >= 15 is 0 Å². The van der Waals surface area contributed by atoms with Gasteiger partial charge in [0.25, 0.3) is 0 Å². The van der Waals surface area contributed by atoms with Crippen LogP contribution < -0.4 is 5.73 Å². The molecule has 1 saturated heterocycles. The van der Waals surface area contributed by atoms with Crippen LogP contribution in [-0.4, -0.2) is 34.3 Å². The summed E-state index contributed by atoms with van der Waals surface area (Å²) in [5, 5.41) is 4.53. The van der Waals surface area contributed by atoms with E-state index in [1.165, 1.54) is 25.7 Å². The Morgan fingerprint density at radius 1 is 1.53 bits per heavy atom. The second-order valence-electron chi connectivity index (χ2n) is 5.78. The standard InChI is InChI=1S/C14H21N3O2/c15-14(6-8-19-10-14)13(18)9-11-5-7-17(16-11)12-3-1-2-4-12/h5,7,12H,1-4,6,8-10,15H2. The molecule has 2 aliphatic rings. The van der Waals surface area contributed by atoms with Gasteiger partial charge in [-0.15, -0.1) is 0 Å². The van der Waals surface area contributed by atoms with E-state index in [-0.39, 0.29) is 5.78 Å². The summed E-state index contributed by atoms with van der Waals surface area (Å²) in [5.74, 6) is 0.0432. The maximum atomic E-state index is 12.2. The number of carbonyl (C=O) groups excluding carboxylic acids is 1. The Bertz CT molecular complexity index is 457. The summed E-state index contributed by atoms with van der Waals surface area (Å²) in [6.45, 7) is 0.925. The molecule has 1 aliphatic carbocycles. The molecule has 0 aromatic carbocycles. The van der Waals surface area contributed by atoms with Gasteiger partial charge in [0.1, 0.15) is 5.54 Å².